The number of carbonyl (C=O) groups excluding carboxylic acids is 2. The van der Waals surface area contributed by atoms with E-state index >= 15 is 0 Å². The average molecular weight is 1300 g/mol. The van der Waals surface area contributed by atoms with Crippen LogP contribution in [0.4, 0.5) is 0 Å². The number of aliphatic hydroxyl groups is 5. The van der Waals surface area contributed by atoms with Crippen molar-refractivity contribution in [1.29, 1.82) is 0 Å². The number of aliphatic hydroxyl groups excluding tert-OH is 5. The highest BCUT2D eigenvalue weighted by Crippen LogP contribution is 2.27. The van der Waals surface area contributed by atoms with Crippen molar-refractivity contribution in [1.82, 2.24) is 5.32 Å². The fraction of sp³-hybridized carbons (Fsp3) is 0.877. The minimum Gasteiger partial charge on any atom is -0.454 e. The molecule has 1 aliphatic heterocycles. The number of allylic oxidation sites excluding steroid dienone is 7. The number of rotatable bonds is 70. The molecular formula is C81H151NO10. The molecule has 1 rings (SSSR count). The van der Waals surface area contributed by atoms with Gasteiger partial charge in [0.05, 0.1) is 25.4 Å². The summed E-state index contributed by atoms with van der Waals surface area (Å²) in [6, 6.07) is -1.03. The smallest absolute Gasteiger partial charge is 0.306 e. The van der Waals surface area contributed by atoms with Gasteiger partial charge in [-0.15, -0.1) is 0 Å². The van der Waals surface area contributed by atoms with Gasteiger partial charge in [0, 0.05) is 6.42 Å². The number of amides is 1. The summed E-state index contributed by atoms with van der Waals surface area (Å²) in [5.74, 6) is -1.18. The number of nitrogens with one attached hydrogen (secondary N) is 1. The van der Waals surface area contributed by atoms with Crippen LogP contribution in [0, 0.1) is 0 Å². The molecular weight excluding hydrogens is 1150 g/mol. The van der Waals surface area contributed by atoms with Crippen LogP contribution in [-0.4, -0.2) is 99.6 Å². The Kier molecular flexibility index (Phi) is 65.3. The van der Waals surface area contributed by atoms with E-state index < -0.39 is 67.4 Å². The normalized spacial score (nSPS) is 18.1. The van der Waals surface area contributed by atoms with E-state index in [1.165, 1.54) is 270 Å². The Hall–Kier alpha value is -2.38. The highest BCUT2D eigenvalue weighted by Gasteiger charge is 2.47. The molecule has 6 N–H and O–H groups in total. The number of hydrogen-bond acceptors (Lipinski definition) is 10. The number of carbonyl (C=O) groups is 2. The van der Waals surface area contributed by atoms with Gasteiger partial charge in [0.25, 0.3) is 0 Å². The molecule has 0 aromatic heterocycles. The monoisotopic (exact) mass is 1300 g/mol. The molecule has 8 atom stereocenters. The molecule has 1 saturated heterocycles. The molecule has 0 aromatic rings. The second-order valence-corrected chi connectivity index (χ2v) is 27.8. The van der Waals surface area contributed by atoms with Crippen LogP contribution in [0.2, 0.25) is 0 Å². The van der Waals surface area contributed by atoms with Crippen LogP contribution < -0.4 is 5.32 Å². The number of unbranched alkanes of at least 4 members (excludes halogenated alkanes) is 50. The van der Waals surface area contributed by atoms with Crippen molar-refractivity contribution in [2.45, 2.75) is 442 Å². The van der Waals surface area contributed by atoms with Gasteiger partial charge in [0.1, 0.15) is 24.4 Å². The summed E-state index contributed by atoms with van der Waals surface area (Å²) in [7, 11) is 0. The molecule has 0 spiro atoms. The van der Waals surface area contributed by atoms with Gasteiger partial charge in [0.2, 0.25) is 5.91 Å². The van der Waals surface area contributed by atoms with Gasteiger partial charge in [-0.25, -0.2) is 0 Å². The van der Waals surface area contributed by atoms with Crippen LogP contribution in [-0.2, 0) is 23.8 Å². The van der Waals surface area contributed by atoms with Crippen LogP contribution in [0.5, 0.6) is 0 Å². The largest absolute Gasteiger partial charge is 0.454 e. The Morgan fingerprint density at radius 3 is 1.14 bits per heavy atom. The predicted molar refractivity (Wildman–Crippen MR) is 389 cm³/mol. The topological polar surface area (TPSA) is 175 Å². The first-order chi connectivity index (χ1) is 45.2. The minimum atomic E-state index is -1.61. The summed E-state index contributed by atoms with van der Waals surface area (Å²) >= 11 is 0. The minimum absolute atomic E-state index is 0.129. The molecule has 1 amide bonds. The van der Waals surface area contributed by atoms with Gasteiger partial charge in [0.15, 0.2) is 12.4 Å². The van der Waals surface area contributed by atoms with E-state index in [0.717, 1.165) is 77.0 Å². The summed E-state index contributed by atoms with van der Waals surface area (Å²) in [5.41, 5.74) is 0. The Morgan fingerprint density at radius 2 is 0.750 bits per heavy atom. The van der Waals surface area contributed by atoms with E-state index in [1.54, 1.807) is 6.08 Å². The van der Waals surface area contributed by atoms with Gasteiger partial charge in [-0.2, -0.15) is 0 Å². The van der Waals surface area contributed by atoms with E-state index in [9.17, 15) is 35.1 Å². The molecule has 0 bridgehead atoms. The summed E-state index contributed by atoms with van der Waals surface area (Å²) in [4.78, 5) is 26.8. The molecule has 1 aliphatic rings. The fourth-order valence-corrected chi connectivity index (χ4v) is 12.7. The van der Waals surface area contributed by atoms with Crippen LogP contribution in [0.25, 0.3) is 0 Å². The highest BCUT2D eigenvalue weighted by molar-refractivity contribution is 5.80. The maximum absolute atomic E-state index is 13.5. The van der Waals surface area contributed by atoms with E-state index in [-0.39, 0.29) is 13.0 Å². The standard InChI is InChI=1S/C81H151NO10/c1-4-7-10-13-16-19-22-25-27-29-31-33-35-37-38-39-41-43-45-47-49-51-54-57-60-63-66-69-76(86)92-79-78(88)77(87)75(70-83)91-81(79)90-71-72(73(84)67-64-61-58-55-52-24-21-18-15-12-9-6-3)82-80(89)74(85)68-65-62-59-56-53-50-48-46-44-42-40-36-34-32-30-28-26-23-20-17-14-11-8-5-2/h17,20,26,28,32,34,64,67,72-75,77-79,81,83-85,87-88H,4-16,18-19,21-25,27,29-31,33,35-63,65-66,68-71H2,1-3H3,(H,82,89)/b20-17-,28-26-,34-32-,67-64+. The maximum atomic E-state index is 13.5. The molecule has 0 radical (unpaired) electrons. The molecule has 1 heterocycles. The Balaban J connectivity index is 2.48. The predicted octanol–water partition coefficient (Wildman–Crippen LogP) is 21.5. The second kappa shape index (κ2) is 68.6. The van der Waals surface area contributed by atoms with Crippen LogP contribution in [0.3, 0.4) is 0 Å². The molecule has 0 saturated carbocycles. The SMILES string of the molecule is CCCCC/C=C\C/C=C\C/C=C\CCCCCCCCCCCCCC(O)C(=O)NC(COC1OC(CO)C(O)C(O)C1OC(=O)CCCCCCCCCCCCCCCCCCCCCCCCCCCCC)C(O)/C=C/CCCCCCCCCCCC. The van der Waals surface area contributed by atoms with Crippen LogP contribution in [0.15, 0.2) is 48.6 Å². The molecule has 11 nitrogen and oxygen atoms in total. The third-order valence-electron chi connectivity index (χ3n) is 19.0. The van der Waals surface area contributed by atoms with Gasteiger partial charge in [-0.3, -0.25) is 9.59 Å². The molecule has 92 heavy (non-hydrogen) atoms. The summed E-state index contributed by atoms with van der Waals surface area (Å²) < 4.78 is 17.8. The van der Waals surface area contributed by atoms with Crippen molar-refractivity contribution in [3.05, 3.63) is 48.6 Å². The van der Waals surface area contributed by atoms with Crippen LogP contribution >= 0.6 is 0 Å². The summed E-state index contributed by atoms with van der Waals surface area (Å²) in [6.45, 7) is 5.83. The van der Waals surface area contributed by atoms with Crippen molar-refractivity contribution in [3.8, 4) is 0 Å². The van der Waals surface area contributed by atoms with Crippen molar-refractivity contribution in [2.75, 3.05) is 13.2 Å². The maximum Gasteiger partial charge on any atom is 0.306 e. The van der Waals surface area contributed by atoms with E-state index in [0.29, 0.717) is 19.3 Å². The summed E-state index contributed by atoms with van der Waals surface area (Å²) in [6.07, 6.45) is 77.4. The molecule has 11 heteroatoms. The number of esters is 1. The third kappa shape index (κ3) is 54.7. The van der Waals surface area contributed by atoms with Crippen molar-refractivity contribution < 1.29 is 49.3 Å². The first-order valence-electron chi connectivity index (χ1n) is 39.9. The lowest BCUT2D eigenvalue weighted by Crippen LogP contribution is -2.61. The van der Waals surface area contributed by atoms with E-state index in [1.807, 2.05) is 6.08 Å². The molecule has 0 aromatic carbocycles. The van der Waals surface area contributed by atoms with Crippen molar-refractivity contribution in [2.24, 2.45) is 0 Å². The zero-order valence-corrected chi connectivity index (χ0v) is 60.4. The first kappa shape index (κ1) is 87.6. The quantitative estimate of drug-likeness (QED) is 0.0195. The lowest BCUT2D eigenvalue weighted by atomic mass is 9.99. The highest BCUT2D eigenvalue weighted by atomic mass is 16.7. The Morgan fingerprint density at radius 1 is 0.424 bits per heavy atom. The first-order valence-corrected chi connectivity index (χ1v) is 39.9. The van der Waals surface area contributed by atoms with E-state index in [4.69, 9.17) is 14.2 Å². The second-order valence-electron chi connectivity index (χ2n) is 27.8. The van der Waals surface area contributed by atoms with Crippen molar-refractivity contribution >= 4 is 11.9 Å². The fourth-order valence-electron chi connectivity index (χ4n) is 12.7. The van der Waals surface area contributed by atoms with Crippen molar-refractivity contribution in [3.63, 3.8) is 0 Å². The van der Waals surface area contributed by atoms with E-state index in [2.05, 4.69) is 62.5 Å². The average Bonchev–Trinajstić information content (AvgIpc) is 0.928. The molecule has 540 valence electrons. The number of ether oxygens (including phenoxy) is 3. The zero-order valence-electron chi connectivity index (χ0n) is 60.4. The Bertz CT molecular complexity index is 1690. The number of hydrogen-bond donors (Lipinski definition) is 6. The lowest BCUT2D eigenvalue weighted by Gasteiger charge is -2.41. The third-order valence-corrected chi connectivity index (χ3v) is 19.0. The molecule has 1 fully saturated rings. The van der Waals surface area contributed by atoms with Gasteiger partial charge in [-0.1, -0.05) is 371 Å². The van der Waals surface area contributed by atoms with Gasteiger partial charge < -0.3 is 45.1 Å². The summed E-state index contributed by atoms with van der Waals surface area (Å²) in [5, 5.41) is 57.4. The Labute approximate surface area is 567 Å². The zero-order chi connectivity index (χ0) is 66.7. The van der Waals surface area contributed by atoms with Crippen LogP contribution in [0.1, 0.15) is 393 Å². The van der Waals surface area contributed by atoms with Gasteiger partial charge in [-0.05, 0) is 64.2 Å². The van der Waals surface area contributed by atoms with Gasteiger partial charge >= 0.3 is 5.97 Å². The lowest BCUT2D eigenvalue weighted by molar-refractivity contribution is -0.305. The molecule has 0 aliphatic carbocycles. The molecule has 8 unspecified atom stereocenters.